The minimum absolute atomic E-state index is 0.114. The molecule has 0 fully saturated rings. The van der Waals surface area contributed by atoms with Gasteiger partial charge in [0.2, 0.25) is 0 Å². The van der Waals surface area contributed by atoms with Crippen molar-refractivity contribution >= 4 is 0 Å². The van der Waals surface area contributed by atoms with Crippen molar-refractivity contribution < 1.29 is 13.5 Å². The highest BCUT2D eigenvalue weighted by molar-refractivity contribution is 5.20. The summed E-state index contributed by atoms with van der Waals surface area (Å²) < 4.78 is 32.4. The molecule has 0 saturated carbocycles. The fourth-order valence-electron chi connectivity index (χ4n) is 2.07. The van der Waals surface area contributed by atoms with Crippen LogP contribution in [0.15, 0.2) is 18.2 Å². The van der Waals surface area contributed by atoms with Crippen molar-refractivity contribution in [2.45, 2.75) is 45.6 Å². The van der Waals surface area contributed by atoms with Gasteiger partial charge in [-0.1, -0.05) is 26.0 Å². The molecule has 2 nitrogen and oxygen atoms in total. The molecule has 0 aliphatic carbocycles. The largest absolute Gasteiger partial charge is 0.381 e. The molecule has 0 bridgehead atoms. The van der Waals surface area contributed by atoms with Crippen LogP contribution in [0.3, 0.4) is 0 Å². The quantitative estimate of drug-likeness (QED) is 0.662. The van der Waals surface area contributed by atoms with Crippen LogP contribution >= 0.6 is 0 Å². The Bertz CT molecular complexity index is 385. The molecule has 0 aliphatic heterocycles. The van der Waals surface area contributed by atoms with Crippen LogP contribution in [0.4, 0.5) is 8.78 Å². The van der Waals surface area contributed by atoms with Crippen LogP contribution in [-0.2, 0) is 11.2 Å². The number of hydrogen-bond donors (Lipinski definition) is 1. The Hall–Kier alpha value is -1.00. The molecule has 0 aliphatic rings. The zero-order chi connectivity index (χ0) is 14.8. The van der Waals surface area contributed by atoms with Gasteiger partial charge in [0.1, 0.15) is 0 Å². The first-order valence-corrected chi connectivity index (χ1v) is 7.43. The van der Waals surface area contributed by atoms with Crippen LogP contribution in [-0.4, -0.2) is 25.8 Å². The zero-order valence-corrected chi connectivity index (χ0v) is 12.4. The maximum Gasteiger partial charge on any atom is 0.162 e. The van der Waals surface area contributed by atoms with Gasteiger partial charge in [-0.3, -0.25) is 0 Å². The molecule has 0 radical (unpaired) electrons. The van der Waals surface area contributed by atoms with Crippen molar-refractivity contribution in [3.63, 3.8) is 0 Å². The molecule has 1 N–H and O–H groups in total. The van der Waals surface area contributed by atoms with E-state index < -0.39 is 11.6 Å². The second-order valence-corrected chi connectivity index (χ2v) is 4.97. The summed E-state index contributed by atoms with van der Waals surface area (Å²) in [7, 11) is 0. The molecule has 1 unspecified atom stereocenters. The Labute approximate surface area is 120 Å². The summed E-state index contributed by atoms with van der Waals surface area (Å²) in [4.78, 5) is 0. The van der Waals surface area contributed by atoms with E-state index in [9.17, 15) is 8.78 Å². The van der Waals surface area contributed by atoms with E-state index in [1.54, 1.807) is 12.1 Å². The highest BCUT2D eigenvalue weighted by Crippen LogP contribution is 2.14. The molecule has 20 heavy (non-hydrogen) atoms. The van der Waals surface area contributed by atoms with Gasteiger partial charge >= 0.3 is 0 Å². The Morgan fingerprint density at radius 3 is 2.65 bits per heavy atom. The fraction of sp³-hybridized carbons (Fsp3) is 0.625. The highest BCUT2D eigenvalue weighted by atomic mass is 19.2. The standard InChI is InChI=1S/C16H25F2NO/c1-3-9-19-14(8-11-20-10-4-2)12-13-6-5-7-15(17)16(13)18/h5-7,14,19H,3-4,8-12H2,1-2H3. The predicted molar refractivity (Wildman–Crippen MR) is 77.9 cm³/mol. The summed E-state index contributed by atoms with van der Waals surface area (Å²) in [5, 5.41) is 3.37. The molecule has 0 aromatic heterocycles. The SMILES string of the molecule is CCCNC(CCOCCC)Cc1cccc(F)c1F. The Balaban J connectivity index is 2.56. The third-order valence-electron chi connectivity index (χ3n) is 3.14. The number of ether oxygens (including phenoxy) is 1. The first kappa shape index (κ1) is 17.1. The molecule has 0 amide bonds. The van der Waals surface area contributed by atoms with Crippen molar-refractivity contribution in [3.05, 3.63) is 35.4 Å². The van der Waals surface area contributed by atoms with Gasteiger partial charge in [0.15, 0.2) is 11.6 Å². The summed E-state index contributed by atoms with van der Waals surface area (Å²) in [5.74, 6) is -1.51. The van der Waals surface area contributed by atoms with Gasteiger partial charge in [0.25, 0.3) is 0 Å². The third-order valence-corrected chi connectivity index (χ3v) is 3.14. The van der Waals surface area contributed by atoms with Crippen LogP contribution in [0.2, 0.25) is 0 Å². The van der Waals surface area contributed by atoms with Crippen LogP contribution in [0.1, 0.15) is 38.7 Å². The van der Waals surface area contributed by atoms with E-state index in [0.29, 0.717) is 18.6 Å². The maximum atomic E-state index is 13.7. The lowest BCUT2D eigenvalue weighted by Gasteiger charge is -2.19. The number of rotatable bonds is 10. The van der Waals surface area contributed by atoms with E-state index in [-0.39, 0.29) is 6.04 Å². The molecule has 1 atom stereocenters. The molecule has 0 heterocycles. The maximum absolute atomic E-state index is 13.7. The summed E-state index contributed by atoms with van der Waals surface area (Å²) in [6.45, 7) is 6.41. The lowest BCUT2D eigenvalue weighted by atomic mass is 10.0. The summed E-state index contributed by atoms with van der Waals surface area (Å²) in [6, 6.07) is 4.46. The summed E-state index contributed by atoms with van der Waals surface area (Å²) in [6.07, 6.45) is 3.29. The third kappa shape index (κ3) is 5.97. The Morgan fingerprint density at radius 1 is 1.15 bits per heavy atom. The molecular weight excluding hydrogens is 260 g/mol. The lowest BCUT2D eigenvalue weighted by Crippen LogP contribution is -2.33. The molecule has 114 valence electrons. The average molecular weight is 285 g/mol. The number of benzene rings is 1. The molecule has 1 aromatic rings. The van der Waals surface area contributed by atoms with Crippen molar-refractivity contribution in [3.8, 4) is 0 Å². The number of nitrogens with one attached hydrogen (secondary N) is 1. The fourth-order valence-corrected chi connectivity index (χ4v) is 2.07. The second-order valence-electron chi connectivity index (χ2n) is 4.97. The minimum Gasteiger partial charge on any atom is -0.381 e. The van der Waals surface area contributed by atoms with E-state index >= 15 is 0 Å². The smallest absolute Gasteiger partial charge is 0.162 e. The highest BCUT2D eigenvalue weighted by Gasteiger charge is 2.14. The molecule has 1 rings (SSSR count). The Kier molecular flexibility index (Phi) is 8.38. The van der Waals surface area contributed by atoms with Crippen molar-refractivity contribution in [1.29, 1.82) is 0 Å². The molecule has 4 heteroatoms. The summed E-state index contributed by atoms with van der Waals surface area (Å²) >= 11 is 0. The minimum atomic E-state index is -0.779. The molecule has 0 spiro atoms. The van der Waals surface area contributed by atoms with Crippen molar-refractivity contribution in [2.75, 3.05) is 19.8 Å². The molecule has 1 aromatic carbocycles. The van der Waals surface area contributed by atoms with E-state index in [0.717, 1.165) is 38.5 Å². The first-order chi connectivity index (χ1) is 9.69. The van der Waals surface area contributed by atoms with E-state index in [1.165, 1.54) is 0 Å². The van der Waals surface area contributed by atoms with Gasteiger partial charge in [0.05, 0.1) is 0 Å². The molecular formula is C16H25F2NO. The van der Waals surface area contributed by atoms with Crippen LogP contribution in [0.25, 0.3) is 0 Å². The van der Waals surface area contributed by atoms with Gasteiger partial charge < -0.3 is 10.1 Å². The number of halogens is 2. The van der Waals surface area contributed by atoms with Crippen molar-refractivity contribution in [2.24, 2.45) is 0 Å². The van der Waals surface area contributed by atoms with Gasteiger partial charge in [-0.25, -0.2) is 8.78 Å². The van der Waals surface area contributed by atoms with Crippen LogP contribution in [0.5, 0.6) is 0 Å². The first-order valence-electron chi connectivity index (χ1n) is 7.43. The van der Waals surface area contributed by atoms with Crippen molar-refractivity contribution in [1.82, 2.24) is 5.32 Å². The number of hydrogen-bond acceptors (Lipinski definition) is 2. The average Bonchev–Trinajstić information content (AvgIpc) is 2.45. The lowest BCUT2D eigenvalue weighted by molar-refractivity contribution is 0.124. The normalized spacial score (nSPS) is 12.6. The topological polar surface area (TPSA) is 21.3 Å². The zero-order valence-electron chi connectivity index (χ0n) is 12.4. The predicted octanol–water partition coefficient (Wildman–Crippen LogP) is 3.69. The van der Waals surface area contributed by atoms with E-state index in [4.69, 9.17) is 4.74 Å². The summed E-state index contributed by atoms with van der Waals surface area (Å²) in [5.41, 5.74) is 0.425. The Morgan fingerprint density at radius 2 is 1.95 bits per heavy atom. The van der Waals surface area contributed by atoms with Gasteiger partial charge in [0, 0.05) is 19.3 Å². The van der Waals surface area contributed by atoms with Crippen LogP contribution in [0, 0.1) is 11.6 Å². The van der Waals surface area contributed by atoms with Gasteiger partial charge in [-0.2, -0.15) is 0 Å². The van der Waals surface area contributed by atoms with Gasteiger partial charge in [-0.05, 0) is 43.9 Å². The van der Waals surface area contributed by atoms with E-state index in [2.05, 4.69) is 19.2 Å². The second kappa shape index (κ2) is 9.83. The van der Waals surface area contributed by atoms with Crippen LogP contribution < -0.4 is 5.32 Å². The monoisotopic (exact) mass is 285 g/mol. The van der Waals surface area contributed by atoms with E-state index in [1.807, 2.05) is 0 Å². The van der Waals surface area contributed by atoms with Gasteiger partial charge in [-0.15, -0.1) is 0 Å². The molecule has 0 saturated heterocycles.